The van der Waals surface area contributed by atoms with Crippen molar-refractivity contribution >= 4 is 29.6 Å². The van der Waals surface area contributed by atoms with E-state index < -0.39 is 5.97 Å². The summed E-state index contributed by atoms with van der Waals surface area (Å²) < 4.78 is 4.47. The summed E-state index contributed by atoms with van der Waals surface area (Å²) in [7, 11) is 2.80. The molecule has 1 rings (SSSR count). The molecule has 4 nitrogen and oxygen atoms in total. The Morgan fingerprint density at radius 2 is 2.06 bits per heavy atom. The maximum atomic E-state index is 11.7. The number of hydrogen-bond donors (Lipinski definition) is 0. The van der Waals surface area contributed by atoms with Crippen molar-refractivity contribution in [1.29, 1.82) is 0 Å². The van der Waals surface area contributed by atoms with E-state index in [1.807, 2.05) is 12.1 Å². The Morgan fingerprint density at radius 3 is 2.67 bits per heavy atom. The molecule has 0 fully saturated rings. The predicted molar refractivity (Wildman–Crippen MR) is 70.1 cm³/mol. The molecule has 1 aromatic rings. The van der Waals surface area contributed by atoms with E-state index >= 15 is 0 Å². The van der Waals surface area contributed by atoms with Crippen molar-refractivity contribution in [3.8, 4) is 0 Å². The molecule has 1 amide bonds. The van der Waals surface area contributed by atoms with E-state index in [9.17, 15) is 9.59 Å². The Hall–Kier alpha value is -1.81. The van der Waals surface area contributed by atoms with Crippen LogP contribution in [-0.4, -0.2) is 37.5 Å². The maximum absolute atomic E-state index is 11.7. The van der Waals surface area contributed by atoms with E-state index in [2.05, 4.69) is 4.74 Å². The molecule has 0 atom stereocenters. The Balaban J connectivity index is 2.65. The van der Waals surface area contributed by atoms with Crippen LogP contribution in [0, 0.1) is 0 Å². The SMILES string of the molecule is COC(=O)CN(C)C(=O)/C=C/c1ccccc1Cl. The van der Waals surface area contributed by atoms with Crippen molar-refractivity contribution in [2.24, 2.45) is 0 Å². The zero-order valence-corrected chi connectivity index (χ0v) is 11.0. The van der Waals surface area contributed by atoms with Crippen molar-refractivity contribution in [3.63, 3.8) is 0 Å². The lowest BCUT2D eigenvalue weighted by molar-refractivity contribution is -0.144. The van der Waals surface area contributed by atoms with Crippen LogP contribution in [0.25, 0.3) is 6.08 Å². The summed E-state index contributed by atoms with van der Waals surface area (Å²) in [5.74, 6) is -0.752. The molecule has 0 bridgehead atoms. The lowest BCUT2D eigenvalue weighted by Gasteiger charge is -2.12. The first-order valence-electron chi connectivity index (χ1n) is 5.29. The van der Waals surface area contributed by atoms with Gasteiger partial charge in [0, 0.05) is 18.1 Å². The number of benzene rings is 1. The van der Waals surface area contributed by atoms with E-state index in [1.54, 1.807) is 18.2 Å². The minimum absolute atomic E-state index is 0.0812. The number of esters is 1. The number of carbonyl (C=O) groups is 2. The second kappa shape index (κ2) is 6.81. The van der Waals surface area contributed by atoms with Gasteiger partial charge in [0.05, 0.1) is 7.11 Å². The van der Waals surface area contributed by atoms with Gasteiger partial charge in [-0.05, 0) is 17.7 Å². The molecule has 0 aliphatic rings. The van der Waals surface area contributed by atoms with Crippen LogP contribution in [0.1, 0.15) is 5.56 Å². The fourth-order valence-electron chi connectivity index (χ4n) is 1.23. The van der Waals surface area contributed by atoms with Crippen molar-refractivity contribution in [3.05, 3.63) is 40.9 Å². The van der Waals surface area contributed by atoms with E-state index in [0.29, 0.717) is 5.02 Å². The van der Waals surface area contributed by atoms with Crippen LogP contribution in [0.15, 0.2) is 30.3 Å². The highest BCUT2D eigenvalue weighted by Gasteiger charge is 2.10. The number of hydrogen-bond acceptors (Lipinski definition) is 3. The van der Waals surface area contributed by atoms with Gasteiger partial charge in [-0.3, -0.25) is 9.59 Å². The van der Waals surface area contributed by atoms with E-state index in [0.717, 1.165) is 5.56 Å². The summed E-state index contributed by atoms with van der Waals surface area (Å²) in [6.45, 7) is -0.0812. The molecule has 0 saturated carbocycles. The summed E-state index contributed by atoms with van der Waals surface area (Å²) in [5, 5.41) is 0.567. The summed E-state index contributed by atoms with van der Waals surface area (Å²) in [6.07, 6.45) is 2.97. The summed E-state index contributed by atoms with van der Waals surface area (Å²) >= 11 is 5.94. The zero-order valence-electron chi connectivity index (χ0n) is 10.2. The van der Waals surface area contributed by atoms with Crippen molar-refractivity contribution < 1.29 is 14.3 Å². The van der Waals surface area contributed by atoms with Gasteiger partial charge in [-0.25, -0.2) is 0 Å². The second-order valence-electron chi connectivity index (χ2n) is 3.63. The molecule has 0 heterocycles. The van der Waals surface area contributed by atoms with Gasteiger partial charge >= 0.3 is 5.97 Å². The lowest BCUT2D eigenvalue weighted by atomic mass is 10.2. The highest BCUT2D eigenvalue weighted by atomic mass is 35.5. The Labute approximate surface area is 111 Å². The lowest BCUT2D eigenvalue weighted by Crippen LogP contribution is -2.31. The topological polar surface area (TPSA) is 46.6 Å². The average Bonchev–Trinajstić information content (AvgIpc) is 2.37. The Morgan fingerprint density at radius 1 is 1.39 bits per heavy atom. The minimum Gasteiger partial charge on any atom is -0.468 e. The fraction of sp³-hybridized carbons (Fsp3) is 0.231. The van der Waals surface area contributed by atoms with Gasteiger partial charge in [0.25, 0.3) is 0 Å². The van der Waals surface area contributed by atoms with Gasteiger partial charge in [0.15, 0.2) is 0 Å². The van der Waals surface area contributed by atoms with Crippen LogP contribution in [0.5, 0.6) is 0 Å². The van der Waals surface area contributed by atoms with Gasteiger partial charge < -0.3 is 9.64 Å². The molecule has 0 radical (unpaired) electrons. The average molecular weight is 268 g/mol. The highest BCUT2D eigenvalue weighted by Crippen LogP contribution is 2.16. The van der Waals surface area contributed by atoms with E-state index in [1.165, 1.54) is 25.1 Å². The Kier molecular flexibility index (Phi) is 5.39. The largest absolute Gasteiger partial charge is 0.468 e. The fourth-order valence-corrected chi connectivity index (χ4v) is 1.43. The van der Waals surface area contributed by atoms with E-state index in [4.69, 9.17) is 11.6 Å². The van der Waals surface area contributed by atoms with Crippen molar-refractivity contribution in [2.75, 3.05) is 20.7 Å². The molecule has 0 N–H and O–H groups in total. The summed E-state index contributed by atoms with van der Waals surface area (Å²) in [6, 6.07) is 7.18. The molecule has 0 unspecified atom stereocenters. The first-order chi connectivity index (χ1) is 8.54. The van der Waals surface area contributed by atoms with Crippen LogP contribution in [-0.2, 0) is 14.3 Å². The molecule has 18 heavy (non-hydrogen) atoms. The minimum atomic E-state index is -0.461. The maximum Gasteiger partial charge on any atom is 0.325 e. The van der Waals surface area contributed by atoms with Gasteiger partial charge in [-0.15, -0.1) is 0 Å². The number of ether oxygens (including phenoxy) is 1. The molecule has 0 aromatic heterocycles. The molecule has 96 valence electrons. The van der Waals surface area contributed by atoms with Crippen molar-refractivity contribution in [1.82, 2.24) is 4.90 Å². The second-order valence-corrected chi connectivity index (χ2v) is 4.03. The Bertz CT molecular complexity index is 471. The predicted octanol–water partition coefficient (Wildman–Crippen LogP) is 1.98. The van der Waals surface area contributed by atoms with Crippen LogP contribution in [0.4, 0.5) is 0 Å². The molecule has 1 aromatic carbocycles. The number of likely N-dealkylation sites (N-methyl/N-ethyl adjacent to an activating group) is 1. The normalized spacial score (nSPS) is 10.4. The molecule has 0 aliphatic heterocycles. The van der Waals surface area contributed by atoms with E-state index in [-0.39, 0.29) is 12.5 Å². The molecule has 0 saturated heterocycles. The molecular formula is C13H14ClNO3. The van der Waals surface area contributed by atoms with Crippen LogP contribution >= 0.6 is 11.6 Å². The number of amides is 1. The molecular weight excluding hydrogens is 254 g/mol. The third-order valence-corrected chi connectivity index (χ3v) is 2.63. The van der Waals surface area contributed by atoms with Gasteiger partial charge in [-0.2, -0.15) is 0 Å². The summed E-state index contributed by atoms with van der Waals surface area (Å²) in [4.78, 5) is 23.9. The van der Waals surface area contributed by atoms with Gasteiger partial charge in [0.2, 0.25) is 5.91 Å². The third-order valence-electron chi connectivity index (χ3n) is 2.28. The smallest absolute Gasteiger partial charge is 0.325 e. The summed E-state index contributed by atoms with van der Waals surface area (Å²) in [5.41, 5.74) is 0.749. The van der Waals surface area contributed by atoms with Gasteiger partial charge in [-0.1, -0.05) is 29.8 Å². The van der Waals surface area contributed by atoms with Crippen LogP contribution in [0.2, 0.25) is 5.02 Å². The monoisotopic (exact) mass is 267 g/mol. The van der Waals surface area contributed by atoms with Crippen molar-refractivity contribution in [2.45, 2.75) is 0 Å². The number of rotatable bonds is 4. The van der Waals surface area contributed by atoms with Crippen LogP contribution in [0.3, 0.4) is 0 Å². The number of carbonyl (C=O) groups excluding carboxylic acids is 2. The number of methoxy groups -OCH3 is 1. The van der Waals surface area contributed by atoms with Gasteiger partial charge in [0.1, 0.15) is 6.54 Å². The third kappa shape index (κ3) is 4.22. The molecule has 0 aliphatic carbocycles. The number of halogens is 1. The zero-order chi connectivity index (χ0) is 13.5. The van der Waals surface area contributed by atoms with Crippen LogP contribution < -0.4 is 0 Å². The molecule has 0 spiro atoms. The number of nitrogens with zero attached hydrogens (tertiary/aromatic N) is 1. The first kappa shape index (κ1) is 14.3. The highest BCUT2D eigenvalue weighted by molar-refractivity contribution is 6.32. The molecule has 5 heteroatoms. The standard InChI is InChI=1S/C13H14ClNO3/c1-15(9-13(17)18-2)12(16)8-7-10-5-3-4-6-11(10)14/h3-8H,9H2,1-2H3/b8-7+. The first-order valence-corrected chi connectivity index (χ1v) is 5.67. The quantitative estimate of drug-likeness (QED) is 0.619.